The quantitative estimate of drug-likeness (QED) is 0.902. The van der Waals surface area contributed by atoms with Gasteiger partial charge in [0.15, 0.2) is 0 Å². The molecule has 1 saturated heterocycles. The van der Waals surface area contributed by atoms with Gasteiger partial charge in [0.2, 0.25) is 0 Å². The Kier molecular flexibility index (Phi) is 4.66. The van der Waals surface area contributed by atoms with Crippen molar-refractivity contribution in [2.75, 3.05) is 6.54 Å². The average molecular weight is 287 g/mol. The van der Waals surface area contributed by atoms with Gasteiger partial charge in [0.1, 0.15) is 0 Å². The molecule has 0 bridgehead atoms. The van der Waals surface area contributed by atoms with Crippen LogP contribution in [0, 0.1) is 12.8 Å². The first-order valence-electron chi connectivity index (χ1n) is 8.67. The fourth-order valence-electron chi connectivity index (χ4n) is 4.39. The van der Waals surface area contributed by atoms with Gasteiger partial charge in [-0.3, -0.25) is 4.90 Å². The van der Waals surface area contributed by atoms with Gasteiger partial charge in [-0.25, -0.2) is 0 Å². The van der Waals surface area contributed by atoms with Crippen LogP contribution in [-0.2, 0) is 0 Å². The predicted molar refractivity (Wildman–Crippen MR) is 87.3 cm³/mol. The number of aliphatic hydroxyl groups is 1. The summed E-state index contributed by atoms with van der Waals surface area (Å²) in [5.41, 5.74) is 2.31. The Labute approximate surface area is 129 Å². The van der Waals surface area contributed by atoms with Crippen LogP contribution >= 0.6 is 0 Å². The highest BCUT2D eigenvalue weighted by atomic mass is 16.3. The SMILES string of the molecule is Cc1ccc(C(O)C(C)N2CCCC2C2CCCC2)cc1. The normalized spacial score (nSPS) is 27.1. The molecule has 1 saturated carbocycles. The molecule has 2 aliphatic rings. The molecule has 1 N–H and O–H groups in total. The van der Waals surface area contributed by atoms with Gasteiger partial charge >= 0.3 is 0 Å². The minimum absolute atomic E-state index is 0.223. The molecule has 2 nitrogen and oxygen atoms in total. The first-order chi connectivity index (χ1) is 10.2. The number of hydrogen-bond acceptors (Lipinski definition) is 2. The summed E-state index contributed by atoms with van der Waals surface area (Å²) in [5, 5.41) is 10.8. The fraction of sp³-hybridized carbons (Fsp3) is 0.684. The molecule has 1 aromatic carbocycles. The van der Waals surface area contributed by atoms with E-state index in [2.05, 4.69) is 43.0 Å². The first-order valence-corrected chi connectivity index (χ1v) is 8.67. The van der Waals surface area contributed by atoms with Crippen LogP contribution < -0.4 is 0 Å². The maximum atomic E-state index is 10.8. The molecular weight excluding hydrogens is 258 g/mol. The summed E-state index contributed by atoms with van der Waals surface area (Å²) >= 11 is 0. The number of aryl methyl sites for hydroxylation is 1. The van der Waals surface area contributed by atoms with Crippen LogP contribution in [0.2, 0.25) is 0 Å². The van der Waals surface area contributed by atoms with Crippen molar-refractivity contribution in [2.45, 2.75) is 70.6 Å². The molecule has 0 amide bonds. The van der Waals surface area contributed by atoms with Gasteiger partial charge in [0, 0.05) is 12.1 Å². The van der Waals surface area contributed by atoms with E-state index >= 15 is 0 Å². The maximum Gasteiger partial charge on any atom is 0.0942 e. The Hall–Kier alpha value is -0.860. The number of hydrogen-bond donors (Lipinski definition) is 1. The van der Waals surface area contributed by atoms with E-state index in [0.29, 0.717) is 6.04 Å². The molecule has 3 unspecified atom stereocenters. The third-order valence-electron chi connectivity index (χ3n) is 5.69. The van der Waals surface area contributed by atoms with E-state index in [0.717, 1.165) is 18.0 Å². The van der Waals surface area contributed by atoms with E-state index < -0.39 is 0 Å². The summed E-state index contributed by atoms with van der Waals surface area (Å²) in [6.45, 7) is 5.46. The topological polar surface area (TPSA) is 23.5 Å². The summed E-state index contributed by atoms with van der Waals surface area (Å²) in [5.74, 6) is 0.875. The van der Waals surface area contributed by atoms with Crippen LogP contribution in [0.25, 0.3) is 0 Å². The van der Waals surface area contributed by atoms with E-state index in [-0.39, 0.29) is 12.1 Å². The summed E-state index contributed by atoms with van der Waals surface area (Å²) in [7, 11) is 0. The van der Waals surface area contributed by atoms with Gasteiger partial charge < -0.3 is 5.11 Å². The van der Waals surface area contributed by atoms with Crippen molar-refractivity contribution in [2.24, 2.45) is 5.92 Å². The summed E-state index contributed by atoms with van der Waals surface area (Å²) in [6.07, 6.45) is 7.87. The molecule has 2 fully saturated rings. The summed E-state index contributed by atoms with van der Waals surface area (Å²) < 4.78 is 0. The lowest BCUT2D eigenvalue weighted by Gasteiger charge is -2.36. The molecule has 1 aliphatic heterocycles. The minimum atomic E-state index is -0.368. The van der Waals surface area contributed by atoms with Gasteiger partial charge in [-0.15, -0.1) is 0 Å². The van der Waals surface area contributed by atoms with Gasteiger partial charge in [-0.2, -0.15) is 0 Å². The maximum absolute atomic E-state index is 10.8. The monoisotopic (exact) mass is 287 g/mol. The molecule has 2 heteroatoms. The third-order valence-corrected chi connectivity index (χ3v) is 5.69. The van der Waals surface area contributed by atoms with E-state index in [1.54, 1.807) is 0 Å². The fourth-order valence-corrected chi connectivity index (χ4v) is 4.39. The van der Waals surface area contributed by atoms with Crippen LogP contribution in [0.5, 0.6) is 0 Å². The zero-order valence-electron chi connectivity index (χ0n) is 13.5. The number of nitrogens with zero attached hydrogens (tertiary/aromatic N) is 1. The molecule has 1 aromatic rings. The molecule has 1 heterocycles. The van der Waals surface area contributed by atoms with Crippen molar-refractivity contribution in [3.05, 3.63) is 35.4 Å². The van der Waals surface area contributed by atoms with Crippen LogP contribution in [0.3, 0.4) is 0 Å². The van der Waals surface area contributed by atoms with Crippen molar-refractivity contribution in [1.29, 1.82) is 0 Å². The van der Waals surface area contributed by atoms with E-state index in [9.17, 15) is 5.11 Å². The highest BCUT2D eigenvalue weighted by Crippen LogP contribution is 2.38. The van der Waals surface area contributed by atoms with E-state index in [1.165, 1.54) is 44.1 Å². The summed E-state index contributed by atoms with van der Waals surface area (Å²) in [4.78, 5) is 2.60. The molecule has 116 valence electrons. The second kappa shape index (κ2) is 6.50. The highest BCUT2D eigenvalue weighted by Gasteiger charge is 2.37. The number of rotatable bonds is 4. The lowest BCUT2D eigenvalue weighted by Crippen LogP contribution is -2.43. The molecule has 3 atom stereocenters. The van der Waals surface area contributed by atoms with Crippen molar-refractivity contribution in [3.8, 4) is 0 Å². The zero-order valence-corrected chi connectivity index (χ0v) is 13.5. The Morgan fingerprint density at radius 1 is 1.05 bits per heavy atom. The lowest BCUT2D eigenvalue weighted by atomic mass is 9.93. The van der Waals surface area contributed by atoms with E-state index in [1.807, 2.05) is 0 Å². The second-order valence-corrected chi connectivity index (χ2v) is 7.09. The highest BCUT2D eigenvalue weighted by molar-refractivity contribution is 5.24. The largest absolute Gasteiger partial charge is 0.387 e. The molecule has 3 rings (SSSR count). The van der Waals surface area contributed by atoms with Crippen molar-refractivity contribution in [3.63, 3.8) is 0 Å². The van der Waals surface area contributed by atoms with Gasteiger partial charge in [-0.05, 0) is 57.6 Å². The standard InChI is InChI=1S/C19H29NO/c1-14-9-11-17(12-10-14)19(21)15(2)20-13-5-8-18(20)16-6-3-4-7-16/h9-12,15-16,18-19,21H,3-8,13H2,1-2H3. The van der Waals surface area contributed by atoms with Crippen LogP contribution in [0.1, 0.15) is 62.7 Å². The molecule has 0 aromatic heterocycles. The first kappa shape index (κ1) is 15.1. The molecule has 0 radical (unpaired) electrons. The molecule has 0 spiro atoms. The van der Waals surface area contributed by atoms with Crippen molar-refractivity contribution >= 4 is 0 Å². The van der Waals surface area contributed by atoms with Gasteiger partial charge in [0.05, 0.1) is 6.10 Å². The predicted octanol–water partition coefficient (Wildman–Crippen LogP) is 4.07. The second-order valence-electron chi connectivity index (χ2n) is 7.09. The van der Waals surface area contributed by atoms with Crippen LogP contribution in [0.4, 0.5) is 0 Å². The number of aliphatic hydroxyl groups excluding tert-OH is 1. The average Bonchev–Trinajstić information content (AvgIpc) is 3.17. The smallest absolute Gasteiger partial charge is 0.0942 e. The summed E-state index contributed by atoms with van der Waals surface area (Å²) in [6, 6.07) is 9.30. The van der Waals surface area contributed by atoms with Gasteiger partial charge in [0.25, 0.3) is 0 Å². The van der Waals surface area contributed by atoms with Gasteiger partial charge in [-0.1, -0.05) is 42.7 Å². The van der Waals surface area contributed by atoms with Crippen molar-refractivity contribution in [1.82, 2.24) is 4.90 Å². The van der Waals surface area contributed by atoms with Crippen LogP contribution in [0.15, 0.2) is 24.3 Å². The number of likely N-dealkylation sites (tertiary alicyclic amines) is 1. The molecular formula is C19H29NO. The minimum Gasteiger partial charge on any atom is -0.387 e. The molecule has 1 aliphatic carbocycles. The Balaban J connectivity index is 1.70. The Bertz CT molecular complexity index is 449. The lowest BCUT2D eigenvalue weighted by molar-refractivity contribution is 0.0363. The number of benzene rings is 1. The third kappa shape index (κ3) is 3.17. The Morgan fingerprint density at radius 2 is 1.71 bits per heavy atom. The zero-order chi connectivity index (χ0) is 14.8. The molecule has 21 heavy (non-hydrogen) atoms. The van der Waals surface area contributed by atoms with Crippen molar-refractivity contribution < 1.29 is 5.11 Å². The van der Waals surface area contributed by atoms with Crippen LogP contribution in [-0.4, -0.2) is 28.6 Å². The Morgan fingerprint density at radius 3 is 2.38 bits per heavy atom. The van der Waals surface area contributed by atoms with E-state index in [4.69, 9.17) is 0 Å².